The van der Waals surface area contributed by atoms with E-state index in [2.05, 4.69) is 0 Å². The Morgan fingerprint density at radius 2 is 1.70 bits per heavy atom. The standard InChI is InChI=1S/C19H17NO3/c1-12-4-3-5-15(10-12)20-13(2)17(19(22)23)11-18(20)14-6-8-16(21)9-7-14/h3-11,21H,1-2H3,(H,22,23). The van der Waals surface area contributed by atoms with E-state index in [1.54, 1.807) is 37.3 Å². The Balaban J connectivity index is 2.28. The second-order valence-corrected chi connectivity index (χ2v) is 5.56. The van der Waals surface area contributed by atoms with Crippen LogP contribution in [0.25, 0.3) is 16.9 Å². The first-order valence-corrected chi connectivity index (χ1v) is 7.29. The molecule has 0 unspecified atom stereocenters. The number of aromatic hydroxyl groups is 1. The van der Waals surface area contributed by atoms with E-state index in [4.69, 9.17) is 0 Å². The summed E-state index contributed by atoms with van der Waals surface area (Å²) in [5.41, 5.74) is 4.59. The van der Waals surface area contributed by atoms with Crippen LogP contribution in [0.3, 0.4) is 0 Å². The molecule has 1 aromatic heterocycles. The average Bonchev–Trinajstić information content (AvgIpc) is 2.85. The number of rotatable bonds is 3. The molecule has 0 aliphatic carbocycles. The van der Waals surface area contributed by atoms with Crippen molar-refractivity contribution in [1.29, 1.82) is 0 Å². The molecule has 0 saturated carbocycles. The lowest BCUT2D eigenvalue weighted by molar-refractivity contribution is 0.0696. The van der Waals surface area contributed by atoms with Gasteiger partial charge in [-0.15, -0.1) is 0 Å². The molecule has 116 valence electrons. The lowest BCUT2D eigenvalue weighted by Crippen LogP contribution is -2.02. The number of aryl methyl sites for hydroxylation is 1. The molecule has 0 amide bonds. The van der Waals surface area contributed by atoms with Crippen molar-refractivity contribution >= 4 is 5.97 Å². The molecule has 0 saturated heterocycles. The summed E-state index contributed by atoms with van der Waals surface area (Å²) in [6.07, 6.45) is 0. The number of hydrogen-bond acceptors (Lipinski definition) is 2. The third-order valence-electron chi connectivity index (χ3n) is 3.90. The van der Waals surface area contributed by atoms with Crippen LogP contribution in [0.4, 0.5) is 0 Å². The highest BCUT2D eigenvalue weighted by Crippen LogP contribution is 2.30. The molecule has 3 rings (SSSR count). The van der Waals surface area contributed by atoms with E-state index in [1.807, 2.05) is 35.8 Å². The predicted octanol–water partition coefficient (Wildman–Crippen LogP) is 4.16. The Kier molecular flexibility index (Phi) is 3.66. The summed E-state index contributed by atoms with van der Waals surface area (Å²) in [6.45, 7) is 3.80. The molecule has 2 N–H and O–H groups in total. The zero-order chi connectivity index (χ0) is 16.6. The normalized spacial score (nSPS) is 10.7. The molecule has 0 spiro atoms. The van der Waals surface area contributed by atoms with Gasteiger partial charge in [0, 0.05) is 11.4 Å². The number of nitrogens with zero attached hydrogens (tertiary/aromatic N) is 1. The van der Waals surface area contributed by atoms with Crippen LogP contribution < -0.4 is 0 Å². The number of carboxylic acid groups (broad SMARTS) is 1. The second-order valence-electron chi connectivity index (χ2n) is 5.56. The highest BCUT2D eigenvalue weighted by Gasteiger charge is 2.19. The molecule has 1 heterocycles. The van der Waals surface area contributed by atoms with Crippen molar-refractivity contribution in [2.45, 2.75) is 13.8 Å². The van der Waals surface area contributed by atoms with Crippen LogP contribution in [0.2, 0.25) is 0 Å². The highest BCUT2D eigenvalue weighted by molar-refractivity contribution is 5.91. The number of phenolic OH excluding ortho intramolecular Hbond substituents is 1. The van der Waals surface area contributed by atoms with Gasteiger partial charge < -0.3 is 14.8 Å². The van der Waals surface area contributed by atoms with Gasteiger partial charge in [-0.1, -0.05) is 12.1 Å². The van der Waals surface area contributed by atoms with Crippen molar-refractivity contribution in [2.24, 2.45) is 0 Å². The molecule has 23 heavy (non-hydrogen) atoms. The van der Waals surface area contributed by atoms with Crippen molar-refractivity contribution in [3.8, 4) is 22.7 Å². The smallest absolute Gasteiger partial charge is 0.337 e. The average molecular weight is 307 g/mol. The first kappa shape index (κ1) is 14.9. The largest absolute Gasteiger partial charge is 0.508 e. The number of aromatic nitrogens is 1. The Morgan fingerprint density at radius 1 is 1.00 bits per heavy atom. The Hall–Kier alpha value is -3.01. The van der Waals surface area contributed by atoms with Crippen LogP contribution in [-0.4, -0.2) is 20.7 Å². The van der Waals surface area contributed by atoms with E-state index in [0.29, 0.717) is 5.69 Å². The van der Waals surface area contributed by atoms with Crippen LogP contribution in [0, 0.1) is 13.8 Å². The Bertz CT molecular complexity index is 876. The number of hydrogen-bond donors (Lipinski definition) is 2. The van der Waals surface area contributed by atoms with Gasteiger partial charge in [0.15, 0.2) is 0 Å². The molecule has 4 nitrogen and oxygen atoms in total. The van der Waals surface area contributed by atoms with Crippen molar-refractivity contribution in [1.82, 2.24) is 4.57 Å². The van der Waals surface area contributed by atoms with Gasteiger partial charge in [0.25, 0.3) is 0 Å². The van der Waals surface area contributed by atoms with Gasteiger partial charge in [0.05, 0.1) is 11.3 Å². The molecule has 0 atom stereocenters. The molecule has 4 heteroatoms. The van der Waals surface area contributed by atoms with Crippen LogP contribution in [-0.2, 0) is 0 Å². The minimum Gasteiger partial charge on any atom is -0.508 e. The van der Waals surface area contributed by atoms with E-state index >= 15 is 0 Å². The number of phenols is 1. The number of benzene rings is 2. The lowest BCUT2D eigenvalue weighted by Gasteiger charge is -2.13. The first-order chi connectivity index (χ1) is 11.0. The van der Waals surface area contributed by atoms with Crippen molar-refractivity contribution < 1.29 is 15.0 Å². The summed E-state index contributed by atoms with van der Waals surface area (Å²) in [6, 6.07) is 16.3. The Morgan fingerprint density at radius 3 is 2.30 bits per heavy atom. The molecule has 0 bridgehead atoms. The van der Waals surface area contributed by atoms with Gasteiger partial charge in [0.1, 0.15) is 5.75 Å². The monoisotopic (exact) mass is 307 g/mol. The van der Waals surface area contributed by atoms with E-state index in [-0.39, 0.29) is 11.3 Å². The van der Waals surface area contributed by atoms with E-state index in [0.717, 1.165) is 22.5 Å². The van der Waals surface area contributed by atoms with Crippen LogP contribution in [0.15, 0.2) is 54.6 Å². The third kappa shape index (κ3) is 2.71. The molecular weight excluding hydrogens is 290 g/mol. The maximum absolute atomic E-state index is 11.5. The third-order valence-corrected chi connectivity index (χ3v) is 3.90. The quantitative estimate of drug-likeness (QED) is 0.763. The number of aromatic carboxylic acids is 1. The van der Waals surface area contributed by atoms with E-state index < -0.39 is 5.97 Å². The minimum absolute atomic E-state index is 0.178. The molecule has 0 radical (unpaired) electrons. The fourth-order valence-corrected chi connectivity index (χ4v) is 2.77. The second kappa shape index (κ2) is 5.65. The van der Waals surface area contributed by atoms with Crippen LogP contribution >= 0.6 is 0 Å². The van der Waals surface area contributed by atoms with Crippen molar-refractivity contribution in [2.75, 3.05) is 0 Å². The van der Waals surface area contributed by atoms with Gasteiger partial charge in [-0.3, -0.25) is 0 Å². The predicted molar refractivity (Wildman–Crippen MR) is 89.3 cm³/mol. The molecule has 0 aliphatic rings. The highest BCUT2D eigenvalue weighted by atomic mass is 16.4. The fourth-order valence-electron chi connectivity index (χ4n) is 2.77. The van der Waals surface area contributed by atoms with Gasteiger partial charge in [-0.25, -0.2) is 4.79 Å². The molecule has 2 aromatic carbocycles. The summed E-state index contributed by atoms with van der Waals surface area (Å²) in [4.78, 5) is 11.5. The van der Waals surface area contributed by atoms with Crippen LogP contribution in [0.5, 0.6) is 5.75 Å². The topological polar surface area (TPSA) is 62.5 Å². The summed E-state index contributed by atoms with van der Waals surface area (Å²) in [7, 11) is 0. The van der Waals surface area contributed by atoms with Crippen molar-refractivity contribution in [3.05, 3.63) is 71.4 Å². The van der Waals surface area contributed by atoms with Gasteiger partial charge in [-0.2, -0.15) is 0 Å². The Labute approximate surface area is 134 Å². The van der Waals surface area contributed by atoms with E-state index in [9.17, 15) is 15.0 Å². The van der Waals surface area contributed by atoms with E-state index in [1.165, 1.54) is 0 Å². The zero-order valence-electron chi connectivity index (χ0n) is 12.9. The van der Waals surface area contributed by atoms with Crippen molar-refractivity contribution in [3.63, 3.8) is 0 Å². The zero-order valence-corrected chi connectivity index (χ0v) is 12.9. The summed E-state index contributed by atoms with van der Waals surface area (Å²) in [5, 5.41) is 18.9. The van der Waals surface area contributed by atoms with Gasteiger partial charge in [0.2, 0.25) is 0 Å². The molecule has 0 fully saturated rings. The molecular formula is C19H17NO3. The first-order valence-electron chi connectivity index (χ1n) is 7.29. The van der Waals surface area contributed by atoms with Gasteiger partial charge in [-0.05, 0) is 67.4 Å². The summed E-state index contributed by atoms with van der Waals surface area (Å²) >= 11 is 0. The fraction of sp³-hybridized carbons (Fsp3) is 0.105. The summed E-state index contributed by atoms with van der Waals surface area (Å²) < 4.78 is 1.93. The number of carboxylic acids is 1. The minimum atomic E-state index is -0.950. The number of carbonyl (C=O) groups is 1. The van der Waals surface area contributed by atoms with Crippen LogP contribution in [0.1, 0.15) is 21.6 Å². The lowest BCUT2D eigenvalue weighted by atomic mass is 10.1. The molecule has 0 aliphatic heterocycles. The SMILES string of the molecule is Cc1cccc(-n2c(-c3ccc(O)cc3)cc(C(=O)O)c2C)c1. The van der Waals surface area contributed by atoms with Gasteiger partial charge >= 0.3 is 5.97 Å². The molecule has 3 aromatic rings. The maximum Gasteiger partial charge on any atom is 0.337 e. The maximum atomic E-state index is 11.5. The summed E-state index contributed by atoms with van der Waals surface area (Å²) in [5.74, 6) is -0.772.